The van der Waals surface area contributed by atoms with Gasteiger partial charge in [-0.15, -0.1) is 0 Å². The Hall–Kier alpha value is -1.13. The fourth-order valence-corrected chi connectivity index (χ4v) is 2.02. The molecule has 4 heteroatoms. The van der Waals surface area contributed by atoms with Crippen molar-refractivity contribution in [1.29, 1.82) is 0 Å². The molecule has 0 radical (unpaired) electrons. The molecule has 0 aliphatic carbocycles. The van der Waals surface area contributed by atoms with E-state index in [2.05, 4.69) is 45.3 Å². The summed E-state index contributed by atoms with van der Waals surface area (Å²) in [4.78, 5) is 0. The number of hydrogen-bond donors (Lipinski definition) is 1. The van der Waals surface area contributed by atoms with E-state index in [1.54, 1.807) is 6.20 Å². The molecule has 0 aliphatic heterocycles. The third-order valence-corrected chi connectivity index (χ3v) is 2.82. The Balaban J connectivity index is 2.19. The molecule has 0 fully saturated rings. The second kappa shape index (κ2) is 4.63. The van der Waals surface area contributed by atoms with E-state index in [0.29, 0.717) is 0 Å². The predicted octanol–water partition coefficient (Wildman–Crippen LogP) is 2.91. The Morgan fingerprint density at radius 1 is 1.29 bits per heavy atom. The third-order valence-electron chi connectivity index (χ3n) is 2.41. The van der Waals surface area contributed by atoms with Crippen LogP contribution < -0.4 is 5.73 Å². The van der Waals surface area contributed by atoms with E-state index < -0.39 is 0 Å². The van der Waals surface area contributed by atoms with E-state index >= 15 is 0 Å². The molecule has 2 aromatic rings. The molecule has 1 aromatic heterocycles. The topological polar surface area (TPSA) is 43.8 Å². The first-order valence-electron chi connectivity index (χ1n) is 5.52. The minimum absolute atomic E-state index is 0.170. The van der Waals surface area contributed by atoms with E-state index in [4.69, 9.17) is 5.73 Å². The summed E-state index contributed by atoms with van der Waals surface area (Å²) in [6.07, 6.45) is 4.58. The monoisotopic (exact) mass is 293 g/mol. The largest absolute Gasteiger partial charge is 0.325 e. The van der Waals surface area contributed by atoms with Crippen LogP contribution in [-0.2, 0) is 6.42 Å². The Morgan fingerprint density at radius 2 is 1.94 bits per heavy atom. The number of aromatic nitrogens is 2. The molecule has 3 nitrogen and oxygen atoms in total. The minimum Gasteiger partial charge on any atom is -0.325 e. The second-order valence-corrected chi connectivity index (χ2v) is 5.85. The number of benzene rings is 1. The van der Waals surface area contributed by atoms with Gasteiger partial charge in [-0.1, -0.05) is 12.1 Å². The van der Waals surface area contributed by atoms with E-state index in [1.807, 2.05) is 24.7 Å². The maximum absolute atomic E-state index is 6.00. The lowest BCUT2D eigenvalue weighted by Crippen LogP contribution is -2.34. The molecule has 1 heterocycles. The summed E-state index contributed by atoms with van der Waals surface area (Å²) in [6.45, 7) is 4.07. The zero-order chi connectivity index (χ0) is 12.5. The van der Waals surface area contributed by atoms with Crippen molar-refractivity contribution in [2.45, 2.75) is 25.8 Å². The molecular formula is C13H16BrN3. The second-order valence-electron chi connectivity index (χ2n) is 4.93. The summed E-state index contributed by atoms with van der Waals surface area (Å²) < 4.78 is 2.81. The van der Waals surface area contributed by atoms with Gasteiger partial charge in [0.1, 0.15) is 0 Å². The number of nitrogens with zero attached hydrogens (tertiary/aromatic N) is 2. The van der Waals surface area contributed by atoms with Crippen molar-refractivity contribution in [1.82, 2.24) is 9.78 Å². The Kier molecular flexibility index (Phi) is 3.35. The summed E-state index contributed by atoms with van der Waals surface area (Å²) in [5.74, 6) is 0. The molecule has 0 atom stereocenters. The average molecular weight is 294 g/mol. The van der Waals surface area contributed by atoms with Gasteiger partial charge in [-0.25, -0.2) is 4.68 Å². The van der Waals surface area contributed by atoms with Crippen LogP contribution in [-0.4, -0.2) is 15.3 Å². The van der Waals surface area contributed by atoms with Crippen molar-refractivity contribution < 1.29 is 0 Å². The molecule has 17 heavy (non-hydrogen) atoms. The average Bonchev–Trinajstić information content (AvgIpc) is 2.63. The number of halogens is 1. The van der Waals surface area contributed by atoms with Gasteiger partial charge in [-0.05, 0) is 53.9 Å². The molecule has 0 aliphatic rings. The van der Waals surface area contributed by atoms with Gasteiger partial charge in [0.05, 0.1) is 16.4 Å². The van der Waals surface area contributed by atoms with Gasteiger partial charge in [-0.2, -0.15) is 5.10 Å². The van der Waals surface area contributed by atoms with Crippen LogP contribution in [0.1, 0.15) is 19.4 Å². The van der Waals surface area contributed by atoms with Crippen LogP contribution in [0.4, 0.5) is 0 Å². The maximum Gasteiger partial charge on any atom is 0.0646 e. The van der Waals surface area contributed by atoms with Crippen molar-refractivity contribution in [2.75, 3.05) is 0 Å². The van der Waals surface area contributed by atoms with Crippen molar-refractivity contribution in [2.24, 2.45) is 5.73 Å². The smallest absolute Gasteiger partial charge is 0.0646 e. The molecule has 0 saturated carbocycles. The van der Waals surface area contributed by atoms with E-state index in [1.165, 1.54) is 5.56 Å². The lowest BCUT2D eigenvalue weighted by atomic mass is 9.96. The SMILES string of the molecule is CC(C)(N)Cc1ccc(-n2cc(Br)cn2)cc1. The molecule has 0 bridgehead atoms. The van der Waals surface area contributed by atoms with Gasteiger partial charge < -0.3 is 5.73 Å². The molecule has 0 spiro atoms. The molecular weight excluding hydrogens is 278 g/mol. The third kappa shape index (κ3) is 3.41. The number of nitrogens with two attached hydrogens (primary N) is 1. The first-order chi connectivity index (χ1) is 7.94. The fourth-order valence-electron chi connectivity index (χ4n) is 1.73. The van der Waals surface area contributed by atoms with Gasteiger partial charge >= 0.3 is 0 Å². The van der Waals surface area contributed by atoms with E-state index in [9.17, 15) is 0 Å². The van der Waals surface area contributed by atoms with Gasteiger partial charge in [0.25, 0.3) is 0 Å². The van der Waals surface area contributed by atoms with Gasteiger partial charge in [0.2, 0.25) is 0 Å². The standard InChI is InChI=1S/C13H16BrN3/c1-13(2,15)7-10-3-5-12(6-4-10)17-9-11(14)8-16-17/h3-6,8-9H,7,15H2,1-2H3. The maximum atomic E-state index is 6.00. The highest BCUT2D eigenvalue weighted by Crippen LogP contribution is 2.15. The first kappa shape index (κ1) is 12.3. The lowest BCUT2D eigenvalue weighted by molar-refractivity contribution is 0.517. The van der Waals surface area contributed by atoms with Crippen molar-refractivity contribution >= 4 is 15.9 Å². The highest BCUT2D eigenvalue weighted by molar-refractivity contribution is 9.10. The normalized spacial score (nSPS) is 11.8. The van der Waals surface area contributed by atoms with Gasteiger partial charge in [-0.3, -0.25) is 0 Å². The Morgan fingerprint density at radius 3 is 2.41 bits per heavy atom. The summed E-state index contributed by atoms with van der Waals surface area (Å²) in [5.41, 5.74) is 8.12. The molecule has 2 N–H and O–H groups in total. The van der Waals surface area contributed by atoms with Crippen LogP contribution in [0.25, 0.3) is 5.69 Å². The van der Waals surface area contributed by atoms with Crippen LogP contribution in [0.15, 0.2) is 41.1 Å². The Labute approximate surface area is 110 Å². The van der Waals surface area contributed by atoms with Crippen LogP contribution in [0, 0.1) is 0 Å². The molecule has 90 valence electrons. The van der Waals surface area contributed by atoms with Crippen molar-refractivity contribution in [3.05, 3.63) is 46.7 Å². The van der Waals surface area contributed by atoms with Gasteiger partial charge in [0, 0.05) is 11.7 Å². The highest BCUT2D eigenvalue weighted by atomic mass is 79.9. The van der Waals surface area contributed by atoms with E-state index in [-0.39, 0.29) is 5.54 Å². The lowest BCUT2D eigenvalue weighted by Gasteiger charge is -2.18. The molecule has 0 saturated heterocycles. The summed E-state index contributed by atoms with van der Waals surface area (Å²) in [5, 5.41) is 4.24. The summed E-state index contributed by atoms with van der Waals surface area (Å²) in [7, 11) is 0. The molecule has 1 aromatic carbocycles. The van der Waals surface area contributed by atoms with Crippen LogP contribution in [0.5, 0.6) is 0 Å². The first-order valence-corrected chi connectivity index (χ1v) is 6.32. The minimum atomic E-state index is -0.170. The van der Waals surface area contributed by atoms with Crippen molar-refractivity contribution in [3.8, 4) is 5.69 Å². The van der Waals surface area contributed by atoms with Crippen LogP contribution >= 0.6 is 15.9 Å². The van der Waals surface area contributed by atoms with Gasteiger partial charge in [0.15, 0.2) is 0 Å². The molecule has 2 rings (SSSR count). The molecule has 0 unspecified atom stereocenters. The zero-order valence-electron chi connectivity index (χ0n) is 10.0. The predicted molar refractivity (Wildman–Crippen MR) is 73.2 cm³/mol. The number of rotatable bonds is 3. The van der Waals surface area contributed by atoms with Crippen LogP contribution in [0.3, 0.4) is 0 Å². The van der Waals surface area contributed by atoms with E-state index in [0.717, 1.165) is 16.6 Å². The summed E-state index contributed by atoms with van der Waals surface area (Å²) in [6, 6.07) is 8.31. The van der Waals surface area contributed by atoms with Crippen molar-refractivity contribution in [3.63, 3.8) is 0 Å². The zero-order valence-corrected chi connectivity index (χ0v) is 11.6. The number of hydrogen-bond acceptors (Lipinski definition) is 2. The quantitative estimate of drug-likeness (QED) is 0.946. The summed E-state index contributed by atoms with van der Waals surface area (Å²) >= 11 is 3.38. The molecule has 0 amide bonds. The highest BCUT2D eigenvalue weighted by Gasteiger charge is 2.11. The fraction of sp³-hybridized carbons (Fsp3) is 0.308. The van der Waals surface area contributed by atoms with Crippen LogP contribution in [0.2, 0.25) is 0 Å². The Bertz CT molecular complexity index is 494.